The van der Waals surface area contributed by atoms with Gasteiger partial charge in [-0.25, -0.2) is 17.5 Å². The highest BCUT2D eigenvalue weighted by Crippen LogP contribution is 2.31. The molecular formula is C13H15NO6S. The number of sulfonamides is 1. The van der Waals surface area contributed by atoms with Gasteiger partial charge in [-0.1, -0.05) is 0 Å². The van der Waals surface area contributed by atoms with Crippen LogP contribution in [0.1, 0.15) is 34.1 Å². The van der Waals surface area contributed by atoms with Crippen molar-refractivity contribution in [1.29, 1.82) is 0 Å². The summed E-state index contributed by atoms with van der Waals surface area (Å²) < 4.78 is 30.5. The number of nitrogens with zero attached hydrogens (tertiary/aromatic N) is 1. The second-order valence-corrected chi connectivity index (χ2v) is 6.28. The fourth-order valence-corrected chi connectivity index (χ4v) is 3.72. The summed E-state index contributed by atoms with van der Waals surface area (Å²) in [6.45, 7) is 2.70. The zero-order valence-corrected chi connectivity index (χ0v) is 12.2. The third-order valence-corrected chi connectivity index (χ3v) is 4.93. The van der Waals surface area contributed by atoms with Gasteiger partial charge in [0.25, 0.3) is 15.9 Å². The van der Waals surface area contributed by atoms with Crippen molar-refractivity contribution in [2.45, 2.75) is 18.2 Å². The number of carboxylic acid groups (broad SMARTS) is 1. The van der Waals surface area contributed by atoms with Crippen LogP contribution in [0.25, 0.3) is 0 Å². The van der Waals surface area contributed by atoms with E-state index in [4.69, 9.17) is 9.84 Å². The molecule has 1 amide bonds. The molecule has 0 unspecified atom stereocenters. The van der Waals surface area contributed by atoms with E-state index >= 15 is 0 Å². The van der Waals surface area contributed by atoms with E-state index in [-0.39, 0.29) is 22.6 Å². The molecule has 1 aromatic carbocycles. The third kappa shape index (κ3) is 2.77. The standard InChI is InChI=1S/C13H15NO6S/c1-2-20-7-3-6-14-12(15)10-5-4-9(13(16)17)8-11(10)21(14,18)19/h4-5,8H,2-3,6-7H2,1H3,(H,16,17). The minimum absolute atomic E-state index is 0.0106. The number of amides is 1. The first-order valence-electron chi connectivity index (χ1n) is 6.41. The Morgan fingerprint density at radius 2 is 2.10 bits per heavy atom. The fraction of sp³-hybridized carbons (Fsp3) is 0.385. The molecule has 8 heteroatoms. The summed E-state index contributed by atoms with van der Waals surface area (Å²) in [5.74, 6) is -1.87. The summed E-state index contributed by atoms with van der Waals surface area (Å²) in [5.41, 5.74) is -0.155. The predicted octanol–water partition coefficient (Wildman–Crippen LogP) is 0.956. The zero-order chi connectivity index (χ0) is 15.6. The van der Waals surface area contributed by atoms with E-state index in [0.29, 0.717) is 19.6 Å². The van der Waals surface area contributed by atoms with E-state index < -0.39 is 21.9 Å². The lowest BCUT2D eigenvalue weighted by atomic mass is 10.1. The maximum atomic E-state index is 12.3. The van der Waals surface area contributed by atoms with Crippen LogP contribution in [0.2, 0.25) is 0 Å². The van der Waals surface area contributed by atoms with Crippen LogP contribution in [0, 0.1) is 0 Å². The molecule has 1 aromatic rings. The molecule has 1 aliphatic rings. The average molecular weight is 313 g/mol. The Hall–Kier alpha value is -1.93. The molecule has 2 rings (SSSR count). The Morgan fingerprint density at radius 1 is 1.38 bits per heavy atom. The molecule has 0 aliphatic carbocycles. The molecule has 114 valence electrons. The average Bonchev–Trinajstić information content (AvgIpc) is 2.63. The molecule has 1 aliphatic heterocycles. The van der Waals surface area contributed by atoms with Crippen molar-refractivity contribution >= 4 is 21.9 Å². The normalized spacial score (nSPS) is 16.0. The van der Waals surface area contributed by atoms with Crippen molar-refractivity contribution < 1.29 is 27.9 Å². The van der Waals surface area contributed by atoms with Crippen LogP contribution in [0.3, 0.4) is 0 Å². The number of carbonyl (C=O) groups is 2. The van der Waals surface area contributed by atoms with E-state index in [1.54, 1.807) is 0 Å². The number of fused-ring (bicyclic) bond motifs is 1. The topological polar surface area (TPSA) is 101 Å². The van der Waals surface area contributed by atoms with Crippen LogP contribution < -0.4 is 0 Å². The number of hydrogen-bond donors (Lipinski definition) is 1. The highest BCUT2D eigenvalue weighted by molar-refractivity contribution is 7.90. The molecule has 7 nitrogen and oxygen atoms in total. The third-order valence-electron chi connectivity index (χ3n) is 3.11. The fourth-order valence-electron chi connectivity index (χ4n) is 2.08. The largest absolute Gasteiger partial charge is 0.478 e. The van der Waals surface area contributed by atoms with E-state index in [2.05, 4.69) is 0 Å². The van der Waals surface area contributed by atoms with Crippen molar-refractivity contribution in [2.75, 3.05) is 19.8 Å². The van der Waals surface area contributed by atoms with Gasteiger partial charge in [-0.05, 0) is 31.5 Å². The van der Waals surface area contributed by atoms with E-state index in [1.807, 2.05) is 6.92 Å². The molecule has 1 N–H and O–H groups in total. The number of benzene rings is 1. The summed E-state index contributed by atoms with van der Waals surface area (Å²) in [6.07, 6.45) is 0.387. The van der Waals surface area contributed by atoms with Crippen molar-refractivity contribution in [3.05, 3.63) is 29.3 Å². The van der Waals surface area contributed by atoms with Crippen LogP contribution >= 0.6 is 0 Å². The maximum Gasteiger partial charge on any atom is 0.335 e. The second-order valence-electron chi connectivity index (χ2n) is 4.45. The van der Waals surface area contributed by atoms with Gasteiger partial charge in [0, 0.05) is 19.8 Å². The summed E-state index contributed by atoms with van der Waals surface area (Å²) in [5, 5.41) is 8.91. The lowest BCUT2D eigenvalue weighted by molar-refractivity contribution is 0.0695. The SMILES string of the molecule is CCOCCCN1C(=O)c2ccc(C(=O)O)cc2S1(=O)=O. The van der Waals surface area contributed by atoms with Crippen LogP contribution in [0.5, 0.6) is 0 Å². The quantitative estimate of drug-likeness (QED) is 0.785. The number of aromatic carboxylic acids is 1. The van der Waals surface area contributed by atoms with Crippen LogP contribution in [0.4, 0.5) is 0 Å². The molecule has 0 saturated heterocycles. The lowest BCUT2D eigenvalue weighted by Crippen LogP contribution is -2.31. The van der Waals surface area contributed by atoms with E-state index in [9.17, 15) is 18.0 Å². The first-order chi connectivity index (χ1) is 9.89. The minimum atomic E-state index is -3.97. The zero-order valence-electron chi connectivity index (χ0n) is 11.4. The number of rotatable bonds is 6. The molecule has 21 heavy (non-hydrogen) atoms. The molecule has 0 bridgehead atoms. The van der Waals surface area contributed by atoms with E-state index in [1.165, 1.54) is 12.1 Å². The van der Waals surface area contributed by atoms with Crippen molar-refractivity contribution in [3.8, 4) is 0 Å². The van der Waals surface area contributed by atoms with Gasteiger partial charge < -0.3 is 9.84 Å². The smallest absolute Gasteiger partial charge is 0.335 e. The number of hydrogen-bond acceptors (Lipinski definition) is 5. The molecule has 0 saturated carbocycles. The van der Waals surface area contributed by atoms with Crippen molar-refractivity contribution in [3.63, 3.8) is 0 Å². The van der Waals surface area contributed by atoms with Gasteiger partial charge in [-0.3, -0.25) is 4.79 Å². The first kappa shape index (κ1) is 15.5. The summed E-state index contributed by atoms with van der Waals surface area (Å²) >= 11 is 0. The Kier molecular flexibility index (Phi) is 4.29. The Morgan fingerprint density at radius 3 is 2.71 bits per heavy atom. The molecule has 0 radical (unpaired) electrons. The second kappa shape index (κ2) is 5.82. The first-order valence-corrected chi connectivity index (χ1v) is 7.85. The predicted molar refractivity (Wildman–Crippen MR) is 72.7 cm³/mol. The number of carbonyl (C=O) groups excluding carboxylic acids is 1. The highest BCUT2D eigenvalue weighted by atomic mass is 32.2. The Balaban J connectivity index is 2.29. The van der Waals surface area contributed by atoms with Crippen molar-refractivity contribution in [1.82, 2.24) is 4.31 Å². The van der Waals surface area contributed by atoms with Gasteiger partial charge in [0.1, 0.15) is 4.90 Å². The molecule has 0 fully saturated rings. The monoisotopic (exact) mass is 313 g/mol. The van der Waals surface area contributed by atoms with Crippen LogP contribution in [0.15, 0.2) is 23.1 Å². The van der Waals surface area contributed by atoms with Crippen LogP contribution in [-0.2, 0) is 14.8 Å². The minimum Gasteiger partial charge on any atom is -0.478 e. The van der Waals surface area contributed by atoms with Gasteiger partial charge in [0.05, 0.1) is 11.1 Å². The summed E-state index contributed by atoms with van der Waals surface area (Å²) in [7, 11) is -3.97. The molecule has 0 atom stereocenters. The summed E-state index contributed by atoms with van der Waals surface area (Å²) in [4.78, 5) is 22.8. The maximum absolute atomic E-state index is 12.3. The van der Waals surface area contributed by atoms with Gasteiger partial charge in [0.2, 0.25) is 0 Å². The van der Waals surface area contributed by atoms with Crippen molar-refractivity contribution in [2.24, 2.45) is 0 Å². The molecule has 0 spiro atoms. The Bertz CT molecular complexity index is 682. The van der Waals surface area contributed by atoms with E-state index in [0.717, 1.165) is 10.4 Å². The Labute approximate surface area is 122 Å². The molecule has 1 heterocycles. The van der Waals surface area contributed by atoms with Gasteiger partial charge in [-0.15, -0.1) is 0 Å². The van der Waals surface area contributed by atoms with Gasteiger partial charge in [0.15, 0.2) is 0 Å². The molecule has 0 aromatic heterocycles. The number of ether oxygens (including phenoxy) is 1. The van der Waals surface area contributed by atoms with Gasteiger partial charge in [-0.2, -0.15) is 0 Å². The molecular weight excluding hydrogens is 298 g/mol. The van der Waals surface area contributed by atoms with Crippen LogP contribution in [-0.4, -0.2) is 49.5 Å². The van der Waals surface area contributed by atoms with Gasteiger partial charge >= 0.3 is 5.97 Å². The lowest BCUT2D eigenvalue weighted by Gasteiger charge is -2.14. The number of carboxylic acids is 1. The summed E-state index contributed by atoms with van der Waals surface area (Å²) in [6, 6.07) is 3.48. The highest BCUT2D eigenvalue weighted by Gasteiger charge is 2.41.